The summed E-state index contributed by atoms with van der Waals surface area (Å²) in [5.41, 5.74) is 1.35. The predicted octanol–water partition coefficient (Wildman–Crippen LogP) is 4.38. The van der Waals surface area contributed by atoms with Gasteiger partial charge in [0, 0.05) is 30.7 Å². The van der Waals surface area contributed by atoms with E-state index in [-0.39, 0.29) is 40.8 Å². The number of carbonyl (C=O) groups excluding carboxylic acids is 2. The molecule has 3 atom stereocenters. The minimum atomic E-state index is -3.71. The van der Waals surface area contributed by atoms with Crippen molar-refractivity contribution in [3.63, 3.8) is 0 Å². The summed E-state index contributed by atoms with van der Waals surface area (Å²) in [5, 5.41) is 6.11. The third kappa shape index (κ3) is 6.61. The Bertz CT molecular complexity index is 1240. The zero-order chi connectivity index (χ0) is 27.5. The largest absolute Gasteiger partial charge is 0.351 e. The van der Waals surface area contributed by atoms with Crippen molar-refractivity contribution in [3.8, 4) is 0 Å². The van der Waals surface area contributed by atoms with Crippen LogP contribution in [-0.2, 0) is 20.2 Å². The fourth-order valence-corrected chi connectivity index (χ4v) is 6.80. The van der Waals surface area contributed by atoms with Gasteiger partial charge in [-0.15, -0.1) is 0 Å². The Kier molecular flexibility index (Phi) is 8.57. The Balaban J connectivity index is 1.39. The quantitative estimate of drug-likeness (QED) is 0.565. The Hall–Kier alpha value is -2.78. The first-order valence-corrected chi connectivity index (χ1v) is 14.9. The maximum Gasteiger partial charge on any atom is 0.251 e. The summed E-state index contributed by atoms with van der Waals surface area (Å²) in [5.74, 6) is -1.35. The molecule has 2 aliphatic rings. The zero-order valence-corrected chi connectivity index (χ0v) is 23.2. The van der Waals surface area contributed by atoms with Gasteiger partial charge in [-0.1, -0.05) is 45.7 Å². The van der Waals surface area contributed by atoms with E-state index in [9.17, 15) is 22.4 Å². The van der Waals surface area contributed by atoms with Crippen LogP contribution in [0.4, 0.5) is 4.39 Å². The smallest absolute Gasteiger partial charge is 0.251 e. The van der Waals surface area contributed by atoms with Gasteiger partial charge in [-0.05, 0) is 73.1 Å². The van der Waals surface area contributed by atoms with Gasteiger partial charge in [-0.25, -0.2) is 12.8 Å². The van der Waals surface area contributed by atoms with E-state index >= 15 is 0 Å². The topological polar surface area (TPSA) is 95.6 Å². The monoisotopic (exact) mass is 543 g/mol. The number of sulfonamides is 1. The maximum atomic E-state index is 13.4. The lowest BCUT2D eigenvalue weighted by Crippen LogP contribution is -2.55. The van der Waals surface area contributed by atoms with Crippen LogP contribution in [-0.4, -0.2) is 49.7 Å². The van der Waals surface area contributed by atoms with Gasteiger partial charge in [-0.2, -0.15) is 4.31 Å². The van der Waals surface area contributed by atoms with E-state index in [1.165, 1.54) is 28.6 Å². The van der Waals surface area contributed by atoms with Crippen LogP contribution in [0.1, 0.15) is 75.2 Å². The standard InChI is InChI=1S/C29H38FN3O4S/c1-29(2,3)22-12-16-24(17-13-22)38(36,37)33-18-6-7-21(19-33)28(35)32-26-9-5-4-8-25(26)31-27(34)20-10-14-23(30)15-11-20/h10-17,21,25-26H,4-9,18-19H2,1-3H3,(H,31,34)(H,32,35)/t21-,25+,26+/m0/s1. The van der Waals surface area contributed by atoms with Gasteiger partial charge in [0.2, 0.25) is 15.9 Å². The molecule has 2 fully saturated rings. The van der Waals surface area contributed by atoms with Crippen LogP contribution < -0.4 is 10.6 Å². The molecule has 1 saturated carbocycles. The average molecular weight is 544 g/mol. The number of hydrogen-bond acceptors (Lipinski definition) is 4. The second kappa shape index (κ2) is 11.5. The van der Waals surface area contributed by atoms with Crippen molar-refractivity contribution >= 4 is 21.8 Å². The van der Waals surface area contributed by atoms with Crippen LogP contribution >= 0.6 is 0 Å². The summed E-state index contributed by atoms with van der Waals surface area (Å²) < 4.78 is 41.4. The van der Waals surface area contributed by atoms with Gasteiger partial charge < -0.3 is 10.6 Å². The lowest BCUT2D eigenvalue weighted by Gasteiger charge is -2.36. The Morgan fingerprint density at radius 1 is 0.868 bits per heavy atom. The fraction of sp³-hybridized carbons (Fsp3) is 0.517. The molecule has 2 N–H and O–H groups in total. The molecule has 0 unspecified atom stereocenters. The van der Waals surface area contributed by atoms with Crippen molar-refractivity contribution in [1.82, 2.24) is 14.9 Å². The van der Waals surface area contributed by atoms with Crippen molar-refractivity contribution < 1.29 is 22.4 Å². The highest BCUT2D eigenvalue weighted by Gasteiger charge is 2.36. The van der Waals surface area contributed by atoms with E-state index in [1.807, 2.05) is 12.1 Å². The van der Waals surface area contributed by atoms with E-state index in [0.717, 1.165) is 31.2 Å². The van der Waals surface area contributed by atoms with Crippen molar-refractivity contribution in [1.29, 1.82) is 0 Å². The van der Waals surface area contributed by atoms with E-state index in [1.54, 1.807) is 12.1 Å². The highest BCUT2D eigenvalue weighted by Crippen LogP contribution is 2.28. The van der Waals surface area contributed by atoms with Crippen LogP contribution in [0.25, 0.3) is 0 Å². The molecule has 7 nitrogen and oxygen atoms in total. The molecule has 0 aromatic heterocycles. The number of nitrogens with zero attached hydrogens (tertiary/aromatic N) is 1. The minimum Gasteiger partial charge on any atom is -0.351 e. The lowest BCUT2D eigenvalue weighted by atomic mass is 9.87. The van der Waals surface area contributed by atoms with Crippen LogP contribution in [0.2, 0.25) is 0 Å². The molecular formula is C29H38FN3O4S. The van der Waals surface area contributed by atoms with Crippen molar-refractivity contribution in [3.05, 3.63) is 65.5 Å². The Morgan fingerprint density at radius 2 is 1.47 bits per heavy atom. The van der Waals surface area contributed by atoms with Crippen molar-refractivity contribution in [2.45, 2.75) is 81.7 Å². The maximum absolute atomic E-state index is 13.4. The predicted molar refractivity (Wildman–Crippen MR) is 145 cm³/mol. The molecular weight excluding hydrogens is 505 g/mol. The molecule has 9 heteroatoms. The first-order chi connectivity index (χ1) is 17.9. The molecule has 1 saturated heterocycles. The molecule has 1 aliphatic carbocycles. The lowest BCUT2D eigenvalue weighted by molar-refractivity contribution is -0.127. The minimum absolute atomic E-state index is 0.0773. The van der Waals surface area contributed by atoms with E-state index in [2.05, 4.69) is 31.4 Å². The molecule has 38 heavy (non-hydrogen) atoms. The number of benzene rings is 2. The fourth-order valence-electron chi connectivity index (χ4n) is 5.28. The van der Waals surface area contributed by atoms with Crippen LogP contribution in [0.5, 0.6) is 0 Å². The summed E-state index contributed by atoms with van der Waals surface area (Å²) in [6.07, 6.45) is 4.54. The van der Waals surface area contributed by atoms with Crippen LogP contribution in [0, 0.1) is 11.7 Å². The third-order valence-electron chi connectivity index (χ3n) is 7.63. The molecule has 4 rings (SSSR count). The number of rotatable bonds is 6. The summed E-state index contributed by atoms with van der Waals surface area (Å²) in [6.45, 7) is 6.75. The molecule has 0 bridgehead atoms. The van der Waals surface area contributed by atoms with Crippen molar-refractivity contribution in [2.24, 2.45) is 5.92 Å². The first-order valence-electron chi connectivity index (χ1n) is 13.4. The number of amides is 2. The third-order valence-corrected chi connectivity index (χ3v) is 9.51. The summed E-state index contributed by atoms with van der Waals surface area (Å²) in [6, 6.07) is 11.9. The molecule has 206 valence electrons. The summed E-state index contributed by atoms with van der Waals surface area (Å²) >= 11 is 0. The zero-order valence-electron chi connectivity index (χ0n) is 22.4. The highest BCUT2D eigenvalue weighted by molar-refractivity contribution is 7.89. The van der Waals surface area contributed by atoms with E-state index in [0.29, 0.717) is 24.9 Å². The van der Waals surface area contributed by atoms with Gasteiger partial charge in [0.05, 0.1) is 10.8 Å². The Labute approximate surface area is 225 Å². The SMILES string of the molecule is CC(C)(C)c1ccc(S(=O)(=O)N2CCC[C@H](C(=O)N[C@@H]3CCCC[C@H]3NC(=O)c3ccc(F)cc3)C2)cc1. The normalized spacial score (nSPS) is 23.0. The van der Waals surface area contributed by atoms with Crippen LogP contribution in [0.15, 0.2) is 53.4 Å². The van der Waals surface area contributed by atoms with Gasteiger partial charge >= 0.3 is 0 Å². The van der Waals surface area contributed by atoms with Gasteiger partial charge in [0.1, 0.15) is 5.82 Å². The molecule has 2 aromatic rings. The van der Waals surface area contributed by atoms with Crippen molar-refractivity contribution in [2.75, 3.05) is 13.1 Å². The second-order valence-electron chi connectivity index (χ2n) is 11.5. The number of carbonyl (C=O) groups is 2. The summed E-state index contributed by atoms with van der Waals surface area (Å²) in [7, 11) is -3.71. The van der Waals surface area contributed by atoms with Crippen LogP contribution in [0.3, 0.4) is 0 Å². The van der Waals surface area contributed by atoms with E-state index < -0.39 is 21.8 Å². The molecule has 2 amide bonds. The summed E-state index contributed by atoms with van der Waals surface area (Å²) in [4.78, 5) is 26.2. The van der Waals surface area contributed by atoms with Gasteiger partial charge in [0.15, 0.2) is 0 Å². The number of hydrogen-bond donors (Lipinski definition) is 2. The second-order valence-corrected chi connectivity index (χ2v) is 13.4. The highest BCUT2D eigenvalue weighted by atomic mass is 32.2. The number of nitrogens with one attached hydrogen (secondary N) is 2. The molecule has 0 spiro atoms. The van der Waals surface area contributed by atoms with Gasteiger partial charge in [-0.3, -0.25) is 9.59 Å². The first kappa shape index (κ1) is 28.2. The molecule has 1 heterocycles. The molecule has 0 radical (unpaired) electrons. The average Bonchev–Trinajstić information content (AvgIpc) is 2.90. The number of halogens is 1. The van der Waals surface area contributed by atoms with E-state index in [4.69, 9.17) is 0 Å². The Morgan fingerprint density at radius 3 is 2.08 bits per heavy atom. The van der Waals surface area contributed by atoms with Gasteiger partial charge in [0.25, 0.3) is 5.91 Å². The molecule has 1 aliphatic heterocycles. The number of piperidine rings is 1. The molecule has 2 aromatic carbocycles.